The van der Waals surface area contributed by atoms with Gasteiger partial charge in [0, 0.05) is 0 Å². The van der Waals surface area contributed by atoms with Crippen molar-refractivity contribution in [3.8, 4) is 0 Å². The van der Waals surface area contributed by atoms with Crippen molar-refractivity contribution in [2.24, 2.45) is 5.92 Å². The first-order chi connectivity index (χ1) is 9.35. The first-order valence-corrected chi connectivity index (χ1v) is 6.92. The topological polar surface area (TPSA) is 47.6 Å². The predicted octanol–water partition coefficient (Wildman–Crippen LogP) is 2.28. The van der Waals surface area contributed by atoms with Gasteiger partial charge >= 0.3 is 12.1 Å². The number of carbonyl (C=O) groups is 1. The molecule has 1 unspecified atom stereocenters. The van der Waals surface area contributed by atoms with Crippen LogP contribution in [0.5, 0.6) is 0 Å². The maximum Gasteiger partial charge on any atom is 0.411 e. The summed E-state index contributed by atoms with van der Waals surface area (Å²) in [7, 11) is 0. The summed E-state index contributed by atoms with van der Waals surface area (Å²) in [5.41, 5.74) is -1.14. The molecule has 1 saturated carbocycles. The van der Waals surface area contributed by atoms with Crippen molar-refractivity contribution in [2.75, 3.05) is 26.4 Å². The predicted molar refractivity (Wildman–Crippen MR) is 67.3 cm³/mol. The number of rotatable bonds is 9. The highest BCUT2D eigenvalue weighted by Crippen LogP contribution is 2.41. The van der Waals surface area contributed by atoms with Crippen LogP contribution >= 0.6 is 0 Å². The third-order valence-electron chi connectivity index (χ3n) is 3.20. The Kier molecular flexibility index (Phi) is 6.26. The number of ether oxygens (including phenoxy) is 2. The smallest absolute Gasteiger partial charge is 0.411 e. The number of nitrogens with one attached hydrogen (secondary N) is 1. The summed E-state index contributed by atoms with van der Waals surface area (Å²) in [5.74, 6) is -0.528. The number of carbonyl (C=O) groups excluding carboxylic acids is 1. The van der Waals surface area contributed by atoms with Crippen LogP contribution in [0.1, 0.15) is 33.1 Å². The van der Waals surface area contributed by atoms with E-state index in [1.807, 2.05) is 6.92 Å². The Labute approximate surface area is 117 Å². The standard InChI is InChI=1S/C13H22F3NO3/c1-3-7-17-12(10-5-6-10,11(18)20-4-2)8-19-9-13(14,15)16/h10,17H,3-9H2,1-2H3. The summed E-state index contributed by atoms with van der Waals surface area (Å²) in [5, 5.41) is 3.05. The molecule has 1 fully saturated rings. The Morgan fingerprint density at radius 2 is 1.90 bits per heavy atom. The fourth-order valence-electron chi connectivity index (χ4n) is 2.12. The molecule has 1 rings (SSSR count). The molecular formula is C13H22F3NO3. The van der Waals surface area contributed by atoms with Crippen molar-refractivity contribution in [3.63, 3.8) is 0 Å². The van der Waals surface area contributed by atoms with Gasteiger partial charge in [0.05, 0.1) is 13.2 Å². The summed E-state index contributed by atoms with van der Waals surface area (Å²) >= 11 is 0. The van der Waals surface area contributed by atoms with E-state index in [2.05, 4.69) is 5.32 Å². The molecule has 0 heterocycles. The molecular weight excluding hydrogens is 275 g/mol. The average molecular weight is 297 g/mol. The molecule has 118 valence electrons. The number of alkyl halides is 3. The molecule has 1 atom stereocenters. The van der Waals surface area contributed by atoms with E-state index >= 15 is 0 Å². The van der Waals surface area contributed by atoms with Crippen LogP contribution in [-0.2, 0) is 14.3 Å². The first-order valence-electron chi connectivity index (χ1n) is 6.92. The van der Waals surface area contributed by atoms with Gasteiger partial charge in [0.2, 0.25) is 0 Å². The first kappa shape index (κ1) is 17.2. The van der Waals surface area contributed by atoms with Crippen molar-refractivity contribution in [1.29, 1.82) is 0 Å². The summed E-state index contributed by atoms with van der Waals surface area (Å²) in [6, 6.07) is 0. The van der Waals surface area contributed by atoms with Gasteiger partial charge < -0.3 is 9.47 Å². The molecule has 1 aliphatic carbocycles. The van der Waals surface area contributed by atoms with Gasteiger partial charge in [0.25, 0.3) is 0 Å². The number of hydrogen-bond donors (Lipinski definition) is 1. The fraction of sp³-hybridized carbons (Fsp3) is 0.923. The van der Waals surface area contributed by atoms with Gasteiger partial charge in [0.15, 0.2) is 0 Å². The third kappa shape index (κ3) is 4.94. The van der Waals surface area contributed by atoms with E-state index in [4.69, 9.17) is 9.47 Å². The van der Waals surface area contributed by atoms with Crippen molar-refractivity contribution >= 4 is 5.97 Å². The molecule has 1 N–H and O–H groups in total. The van der Waals surface area contributed by atoms with E-state index in [1.165, 1.54) is 0 Å². The van der Waals surface area contributed by atoms with Crippen LogP contribution < -0.4 is 5.32 Å². The lowest BCUT2D eigenvalue weighted by Gasteiger charge is -2.32. The Bertz CT molecular complexity index is 318. The molecule has 0 aromatic rings. The van der Waals surface area contributed by atoms with Crippen LogP contribution in [0.2, 0.25) is 0 Å². The van der Waals surface area contributed by atoms with Gasteiger partial charge in [-0.3, -0.25) is 5.32 Å². The quantitative estimate of drug-likeness (QED) is 0.663. The van der Waals surface area contributed by atoms with Crippen molar-refractivity contribution in [1.82, 2.24) is 5.32 Å². The van der Waals surface area contributed by atoms with Crippen LogP contribution in [-0.4, -0.2) is 44.0 Å². The SMILES string of the molecule is CCCNC(COCC(F)(F)F)(C(=O)OCC)C1CC1. The maximum absolute atomic E-state index is 12.2. The van der Waals surface area contributed by atoms with Gasteiger partial charge in [-0.25, -0.2) is 4.79 Å². The molecule has 0 aromatic heterocycles. The van der Waals surface area contributed by atoms with Crippen LogP contribution in [0, 0.1) is 5.92 Å². The molecule has 0 spiro atoms. The fourth-order valence-corrected chi connectivity index (χ4v) is 2.12. The monoisotopic (exact) mass is 297 g/mol. The highest BCUT2D eigenvalue weighted by atomic mass is 19.4. The second-order valence-corrected chi connectivity index (χ2v) is 5.00. The van der Waals surface area contributed by atoms with Crippen molar-refractivity contribution < 1.29 is 27.4 Å². The molecule has 20 heavy (non-hydrogen) atoms. The molecule has 0 radical (unpaired) electrons. The summed E-state index contributed by atoms with van der Waals surface area (Å²) in [6.07, 6.45) is -2.03. The van der Waals surface area contributed by atoms with Crippen LogP contribution in [0.25, 0.3) is 0 Å². The van der Waals surface area contributed by atoms with Gasteiger partial charge in [-0.1, -0.05) is 6.92 Å². The van der Waals surface area contributed by atoms with Crippen LogP contribution in [0.3, 0.4) is 0 Å². The lowest BCUT2D eigenvalue weighted by atomic mass is 9.94. The zero-order valence-corrected chi connectivity index (χ0v) is 11.9. The van der Waals surface area contributed by atoms with Crippen molar-refractivity contribution in [3.05, 3.63) is 0 Å². The Morgan fingerprint density at radius 3 is 2.35 bits per heavy atom. The van der Waals surface area contributed by atoms with Gasteiger partial charge in [-0.15, -0.1) is 0 Å². The average Bonchev–Trinajstić information content (AvgIpc) is 3.17. The molecule has 4 nitrogen and oxygen atoms in total. The molecule has 0 bridgehead atoms. The van der Waals surface area contributed by atoms with Crippen LogP contribution in [0.4, 0.5) is 13.2 Å². The second-order valence-electron chi connectivity index (χ2n) is 5.00. The molecule has 0 aliphatic heterocycles. The van der Waals surface area contributed by atoms with E-state index in [9.17, 15) is 18.0 Å². The number of halogens is 3. The third-order valence-corrected chi connectivity index (χ3v) is 3.20. The van der Waals surface area contributed by atoms with Gasteiger partial charge in [-0.05, 0) is 38.6 Å². The molecule has 0 aromatic carbocycles. The maximum atomic E-state index is 12.2. The van der Waals surface area contributed by atoms with E-state index < -0.39 is 24.3 Å². The molecule has 0 amide bonds. The Balaban J connectivity index is 2.72. The van der Waals surface area contributed by atoms with E-state index in [0.29, 0.717) is 6.54 Å². The zero-order valence-electron chi connectivity index (χ0n) is 11.9. The molecule has 7 heteroatoms. The number of hydrogen-bond acceptors (Lipinski definition) is 4. The van der Waals surface area contributed by atoms with Crippen LogP contribution in [0.15, 0.2) is 0 Å². The van der Waals surface area contributed by atoms with E-state index in [-0.39, 0.29) is 19.1 Å². The molecule has 0 saturated heterocycles. The molecule has 1 aliphatic rings. The van der Waals surface area contributed by atoms with Gasteiger partial charge in [-0.2, -0.15) is 13.2 Å². The van der Waals surface area contributed by atoms with Crippen molar-refractivity contribution in [2.45, 2.75) is 44.8 Å². The minimum atomic E-state index is -4.39. The Hall–Kier alpha value is -0.820. The summed E-state index contributed by atoms with van der Waals surface area (Å²) < 4.78 is 46.3. The van der Waals surface area contributed by atoms with E-state index in [1.54, 1.807) is 6.92 Å². The highest BCUT2D eigenvalue weighted by molar-refractivity contribution is 5.82. The lowest BCUT2D eigenvalue weighted by Crippen LogP contribution is -2.58. The second kappa shape index (κ2) is 7.26. The summed E-state index contributed by atoms with van der Waals surface area (Å²) in [6.45, 7) is 2.66. The zero-order chi connectivity index (χ0) is 15.2. The largest absolute Gasteiger partial charge is 0.465 e. The number of esters is 1. The highest BCUT2D eigenvalue weighted by Gasteiger charge is 2.52. The normalized spacial score (nSPS) is 18.6. The Morgan fingerprint density at radius 1 is 1.25 bits per heavy atom. The minimum absolute atomic E-state index is 0.0127. The van der Waals surface area contributed by atoms with Gasteiger partial charge in [0.1, 0.15) is 12.1 Å². The van der Waals surface area contributed by atoms with E-state index in [0.717, 1.165) is 19.3 Å². The summed E-state index contributed by atoms with van der Waals surface area (Å²) in [4.78, 5) is 12.2. The lowest BCUT2D eigenvalue weighted by molar-refractivity contribution is -0.184. The minimum Gasteiger partial charge on any atom is -0.465 e.